The second-order valence-electron chi connectivity index (χ2n) is 5.43. The summed E-state index contributed by atoms with van der Waals surface area (Å²) < 4.78 is 19.3. The molecule has 1 atom stereocenters. The Kier molecular flexibility index (Phi) is 3.45. The molecule has 3 rings (SSSR count). The van der Waals surface area contributed by atoms with Gasteiger partial charge in [0.15, 0.2) is 0 Å². The van der Waals surface area contributed by atoms with Crippen LogP contribution in [-0.4, -0.2) is 6.10 Å². The molecule has 2 N–H and O–H groups in total. The largest absolute Gasteiger partial charge is 0.490 e. The zero-order chi connectivity index (χ0) is 14.1. The zero-order valence-electron chi connectivity index (χ0n) is 11.5. The SMILES string of the molecule is Cc1cc(F)cc(C(N)c2cccc(OC3CC3)c2)c1. The van der Waals surface area contributed by atoms with E-state index in [2.05, 4.69) is 0 Å². The van der Waals surface area contributed by atoms with Crippen LogP contribution < -0.4 is 10.5 Å². The number of hydrogen-bond donors (Lipinski definition) is 1. The fourth-order valence-corrected chi connectivity index (χ4v) is 2.30. The summed E-state index contributed by atoms with van der Waals surface area (Å²) in [6.07, 6.45) is 2.61. The van der Waals surface area contributed by atoms with E-state index < -0.39 is 0 Å². The second kappa shape index (κ2) is 5.25. The first-order valence-corrected chi connectivity index (χ1v) is 6.91. The molecule has 104 valence electrons. The third-order valence-electron chi connectivity index (χ3n) is 3.47. The molecule has 1 saturated carbocycles. The average Bonchev–Trinajstić information content (AvgIpc) is 3.21. The molecule has 1 fully saturated rings. The minimum absolute atomic E-state index is 0.249. The summed E-state index contributed by atoms with van der Waals surface area (Å²) in [4.78, 5) is 0. The Balaban J connectivity index is 1.86. The first kappa shape index (κ1) is 13.1. The Labute approximate surface area is 118 Å². The van der Waals surface area contributed by atoms with Crippen LogP contribution in [0, 0.1) is 12.7 Å². The maximum Gasteiger partial charge on any atom is 0.123 e. The van der Waals surface area contributed by atoms with Crippen LogP contribution >= 0.6 is 0 Å². The first-order chi connectivity index (χ1) is 9.61. The van der Waals surface area contributed by atoms with Crippen molar-refractivity contribution in [2.24, 2.45) is 5.73 Å². The molecule has 20 heavy (non-hydrogen) atoms. The predicted molar refractivity (Wildman–Crippen MR) is 77.3 cm³/mol. The molecule has 0 amide bonds. The molecule has 0 aromatic heterocycles. The summed E-state index contributed by atoms with van der Waals surface area (Å²) in [5.74, 6) is 0.592. The number of halogens is 1. The minimum atomic E-state index is -0.341. The van der Waals surface area contributed by atoms with Gasteiger partial charge in [0.1, 0.15) is 11.6 Å². The summed E-state index contributed by atoms with van der Waals surface area (Å²) in [6, 6.07) is 12.3. The van der Waals surface area contributed by atoms with E-state index in [0.29, 0.717) is 6.10 Å². The van der Waals surface area contributed by atoms with Crippen molar-refractivity contribution in [1.29, 1.82) is 0 Å². The van der Waals surface area contributed by atoms with Crippen LogP contribution in [0.3, 0.4) is 0 Å². The van der Waals surface area contributed by atoms with Gasteiger partial charge in [0, 0.05) is 0 Å². The van der Waals surface area contributed by atoms with Gasteiger partial charge in [0.25, 0.3) is 0 Å². The van der Waals surface area contributed by atoms with Crippen molar-refractivity contribution in [3.63, 3.8) is 0 Å². The van der Waals surface area contributed by atoms with Crippen molar-refractivity contribution in [3.8, 4) is 5.75 Å². The van der Waals surface area contributed by atoms with E-state index in [1.807, 2.05) is 37.3 Å². The number of hydrogen-bond acceptors (Lipinski definition) is 2. The van der Waals surface area contributed by atoms with Crippen LogP contribution in [-0.2, 0) is 0 Å². The highest BCUT2D eigenvalue weighted by molar-refractivity contribution is 5.38. The maximum atomic E-state index is 13.5. The van der Waals surface area contributed by atoms with Crippen LogP contribution in [0.2, 0.25) is 0 Å². The lowest BCUT2D eigenvalue weighted by molar-refractivity contribution is 0.303. The molecular formula is C17H18FNO. The highest BCUT2D eigenvalue weighted by Gasteiger charge is 2.23. The molecule has 0 saturated heterocycles. The molecule has 0 radical (unpaired) electrons. The number of aryl methyl sites for hydroxylation is 1. The second-order valence-corrected chi connectivity index (χ2v) is 5.43. The van der Waals surface area contributed by atoms with Gasteiger partial charge in [-0.05, 0) is 60.7 Å². The highest BCUT2D eigenvalue weighted by Crippen LogP contribution is 2.29. The van der Waals surface area contributed by atoms with Crippen molar-refractivity contribution in [1.82, 2.24) is 0 Å². The average molecular weight is 271 g/mol. The van der Waals surface area contributed by atoms with Crippen LogP contribution in [0.25, 0.3) is 0 Å². The first-order valence-electron chi connectivity index (χ1n) is 6.91. The minimum Gasteiger partial charge on any atom is -0.490 e. The van der Waals surface area contributed by atoms with E-state index in [0.717, 1.165) is 35.3 Å². The Morgan fingerprint density at radius 2 is 1.95 bits per heavy atom. The van der Waals surface area contributed by atoms with Crippen molar-refractivity contribution < 1.29 is 9.13 Å². The lowest BCUT2D eigenvalue weighted by atomic mass is 9.98. The van der Waals surface area contributed by atoms with Crippen molar-refractivity contribution in [2.45, 2.75) is 31.9 Å². The normalized spacial score (nSPS) is 15.9. The molecule has 0 heterocycles. The van der Waals surface area contributed by atoms with Crippen molar-refractivity contribution in [3.05, 3.63) is 65.0 Å². The number of rotatable bonds is 4. The molecule has 1 aliphatic carbocycles. The molecule has 1 aliphatic rings. The van der Waals surface area contributed by atoms with Crippen molar-refractivity contribution in [2.75, 3.05) is 0 Å². The van der Waals surface area contributed by atoms with E-state index in [1.165, 1.54) is 12.1 Å². The molecule has 2 aromatic carbocycles. The van der Waals surface area contributed by atoms with Gasteiger partial charge in [-0.3, -0.25) is 0 Å². The monoisotopic (exact) mass is 271 g/mol. The maximum absolute atomic E-state index is 13.5. The smallest absolute Gasteiger partial charge is 0.123 e. The van der Waals surface area contributed by atoms with Crippen LogP contribution in [0.1, 0.15) is 35.6 Å². The van der Waals surface area contributed by atoms with Gasteiger partial charge >= 0.3 is 0 Å². The lowest BCUT2D eigenvalue weighted by Crippen LogP contribution is -2.12. The van der Waals surface area contributed by atoms with E-state index in [9.17, 15) is 4.39 Å². The quantitative estimate of drug-likeness (QED) is 0.919. The molecule has 0 spiro atoms. The van der Waals surface area contributed by atoms with Gasteiger partial charge in [-0.2, -0.15) is 0 Å². The highest BCUT2D eigenvalue weighted by atomic mass is 19.1. The Morgan fingerprint density at radius 3 is 2.65 bits per heavy atom. The topological polar surface area (TPSA) is 35.2 Å². The van der Waals surface area contributed by atoms with Gasteiger partial charge in [-0.15, -0.1) is 0 Å². The summed E-state index contributed by atoms with van der Waals surface area (Å²) in [5, 5.41) is 0. The Bertz CT molecular complexity index is 602. The zero-order valence-corrected chi connectivity index (χ0v) is 11.5. The van der Waals surface area contributed by atoms with E-state index in [-0.39, 0.29) is 11.9 Å². The van der Waals surface area contributed by atoms with Crippen LogP contribution in [0.15, 0.2) is 42.5 Å². The summed E-state index contributed by atoms with van der Waals surface area (Å²) in [5.41, 5.74) is 8.84. The molecule has 1 unspecified atom stereocenters. The van der Waals surface area contributed by atoms with Gasteiger partial charge in [-0.1, -0.05) is 18.2 Å². The van der Waals surface area contributed by atoms with Crippen molar-refractivity contribution >= 4 is 0 Å². The van der Waals surface area contributed by atoms with Crippen LogP contribution in [0.5, 0.6) is 5.75 Å². The van der Waals surface area contributed by atoms with Gasteiger partial charge in [0.2, 0.25) is 0 Å². The molecule has 0 bridgehead atoms. The van der Waals surface area contributed by atoms with Gasteiger partial charge < -0.3 is 10.5 Å². The molecule has 3 heteroatoms. The predicted octanol–water partition coefficient (Wildman–Crippen LogP) is 3.72. The van der Waals surface area contributed by atoms with E-state index in [4.69, 9.17) is 10.5 Å². The molecule has 2 nitrogen and oxygen atoms in total. The summed E-state index contributed by atoms with van der Waals surface area (Å²) >= 11 is 0. The summed E-state index contributed by atoms with van der Waals surface area (Å²) in [6.45, 7) is 1.87. The standard InChI is InChI=1S/C17H18FNO/c1-11-7-13(9-14(18)8-11)17(19)12-3-2-4-16(10-12)20-15-5-6-15/h2-4,7-10,15,17H,5-6,19H2,1H3. The number of benzene rings is 2. The molecular weight excluding hydrogens is 253 g/mol. The molecule has 2 aromatic rings. The fourth-order valence-electron chi connectivity index (χ4n) is 2.30. The third kappa shape index (κ3) is 2.99. The Morgan fingerprint density at radius 1 is 1.15 bits per heavy atom. The summed E-state index contributed by atoms with van der Waals surface area (Å²) in [7, 11) is 0. The number of nitrogens with two attached hydrogens (primary N) is 1. The third-order valence-corrected chi connectivity index (χ3v) is 3.47. The van der Waals surface area contributed by atoms with E-state index >= 15 is 0 Å². The van der Waals surface area contributed by atoms with Crippen LogP contribution in [0.4, 0.5) is 4.39 Å². The fraction of sp³-hybridized carbons (Fsp3) is 0.294. The van der Waals surface area contributed by atoms with Gasteiger partial charge in [-0.25, -0.2) is 4.39 Å². The van der Waals surface area contributed by atoms with E-state index in [1.54, 1.807) is 0 Å². The Hall–Kier alpha value is -1.87. The number of ether oxygens (including phenoxy) is 1. The lowest BCUT2D eigenvalue weighted by Gasteiger charge is -2.15. The molecule has 0 aliphatic heterocycles. The van der Waals surface area contributed by atoms with Gasteiger partial charge in [0.05, 0.1) is 12.1 Å².